The third-order valence-electron chi connectivity index (χ3n) is 4.50. The molecular formula is C21H25N5O5. The number of allylic oxidation sites excluding steroid dienone is 2. The van der Waals surface area contributed by atoms with Crippen LogP contribution in [0.25, 0.3) is 0 Å². The van der Waals surface area contributed by atoms with Crippen molar-refractivity contribution in [3.63, 3.8) is 0 Å². The summed E-state index contributed by atoms with van der Waals surface area (Å²) in [5.41, 5.74) is 3.37. The molecule has 0 bridgehead atoms. The molecule has 0 fully saturated rings. The maximum absolute atomic E-state index is 13.0. The molecule has 0 unspecified atom stereocenters. The van der Waals surface area contributed by atoms with Crippen LogP contribution in [0.4, 0.5) is 0 Å². The minimum Gasteiger partial charge on any atom is -0.370 e. The zero-order valence-electron chi connectivity index (χ0n) is 17.1. The van der Waals surface area contributed by atoms with Crippen LogP contribution in [0.15, 0.2) is 70.0 Å². The van der Waals surface area contributed by atoms with Gasteiger partial charge in [-0.05, 0) is 5.56 Å². The van der Waals surface area contributed by atoms with Crippen molar-refractivity contribution in [2.45, 2.75) is 32.6 Å². The molecule has 164 valence electrons. The first-order valence-corrected chi connectivity index (χ1v) is 9.56. The Bertz CT molecular complexity index is 1100. The first-order valence-electron chi connectivity index (χ1n) is 9.56. The molecule has 0 saturated heterocycles. The molecular weight excluding hydrogens is 402 g/mol. The number of rotatable bonds is 11. The maximum Gasteiger partial charge on any atom is 0.337 e. The summed E-state index contributed by atoms with van der Waals surface area (Å²) >= 11 is 0. The van der Waals surface area contributed by atoms with Crippen molar-refractivity contribution in [2.24, 2.45) is 5.73 Å². The maximum atomic E-state index is 13.0. The topological polar surface area (TPSA) is 129 Å². The molecule has 1 heterocycles. The Hall–Kier alpha value is -3.95. The molecule has 2 amide bonds. The van der Waals surface area contributed by atoms with Crippen LogP contribution in [0.3, 0.4) is 0 Å². The summed E-state index contributed by atoms with van der Waals surface area (Å²) in [6.45, 7) is 6.35. The molecule has 0 aliphatic rings. The first kappa shape index (κ1) is 23.3. The molecule has 2 rings (SSSR count). The summed E-state index contributed by atoms with van der Waals surface area (Å²) in [5.74, 6) is -1.16. The third kappa shape index (κ3) is 5.78. The minimum absolute atomic E-state index is 0.0188. The van der Waals surface area contributed by atoms with Gasteiger partial charge in [0.2, 0.25) is 11.8 Å². The molecule has 0 aliphatic heterocycles. The zero-order valence-corrected chi connectivity index (χ0v) is 17.1. The highest BCUT2D eigenvalue weighted by Gasteiger charge is 2.20. The van der Waals surface area contributed by atoms with Crippen molar-refractivity contribution in [1.82, 2.24) is 18.6 Å². The number of benzene rings is 1. The van der Waals surface area contributed by atoms with Gasteiger partial charge in [-0.1, -0.05) is 42.5 Å². The quantitative estimate of drug-likeness (QED) is 0.481. The van der Waals surface area contributed by atoms with Crippen LogP contribution >= 0.6 is 0 Å². The van der Waals surface area contributed by atoms with E-state index in [1.54, 1.807) is 24.3 Å². The Morgan fingerprint density at radius 3 is 1.90 bits per heavy atom. The van der Waals surface area contributed by atoms with Gasteiger partial charge in [-0.25, -0.2) is 28.1 Å². The molecule has 10 heteroatoms. The van der Waals surface area contributed by atoms with Crippen LogP contribution in [0, 0.1) is 0 Å². The Kier molecular flexibility index (Phi) is 8.07. The van der Waals surface area contributed by atoms with Gasteiger partial charge in [0.05, 0.1) is 13.1 Å². The second-order valence-corrected chi connectivity index (χ2v) is 6.75. The molecule has 0 aliphatic carbocycles. The van der Waals surface area contributed by atoms with Crippen LogP contribution in [0.1, 0.15) is 12.0 Å². The highest BCUT2D eigenvalue weighted by molar-refractivity contribution is 5.78. The monoisotopic (exact) mass is 427 g/mol. The Morgan fingerprint density at radius 2 is 1.42 bits per heavy atom. The third-order valence-corrected chi connectivity index (χ3v) is 4.50. The van der Waals surface area contributed by atoms with Crippen molar-refractivity contribution in [3.8, 4) is 0 Å². The van der Waals surface area contributed by atoms with Crippen LogP contribution in [0.2, 0.25) is 0 Å². The highest BCUT2D eigenvalue weighted by atomic mass is 16.2. The van der Waals surface area contributed by atoms with E-state index in [4.69, 9.17) is 5.73 Å². The number of hydrogen-bond donors (Lipinski definition) is 1. The highest BCUT2D eigenvalue weighted by Crippen LogP contribution is 2.06. The fourth-order valence-corrected chi connectivity index (χ4v) is 2.96. The van der Waals surface area contributed by atoms with Gasteiger partial charge in [0.15, 0.2) is 0 Å². The summed E-state index contributed by atoms with van der Waals surface area (Å²) < 4.78 is 2.32. The van der Waals surface area contributed by atoms with Crippen LogP contribution in [-0.2, 0) is 35.8 Å². The van der Waals surface area contributed by atoms with Gasteiger partial charge in [-0.2, -0.15) is 0 Å². The molecule has 0 saturated carbocycles. The smallest absolute Gasteiger partial charge is 0.337 e. The predicted molar refractivity (Wildman–Crippen MR) is 115 cm³/mol. The van der Waals surface area contributed by atoms with E-state index in [9.17, 15) is 24.0 Å². The lowest BCUT2D eigenvalue weighted by Crippen LogP contribution is -2.55. The van der Waals surface area contributed by atoms with Gasteiger partial charge in [0, 0.05) is 19.5 Å². The van der Waals surface area contributed by atoms with Crippen molar-refractivity contribution >= 4 is 11.8 Å². The summed E-state index contributed by atoms with van der Waals surface area (Å²) in [7, 11) is 0. The van der Waals surface area contributed by atoms with E-state index in [2.05, 4.69) is 13.2 Å². The SMILES string of the molecule is C=CCn1c(=O)n(CC=C)c(=O)n(CC(=O)N(CCC(N)=O)Cc2ccccc2)c1=O. The van der Waals surface area contributed by atoms with E-state index >= 15 is 0 Å². The summed E-state index contributed by atoms with van der Waals surface area (Å²) in [4.78, 5) is 63.5. The fraction of sp³-hybridized carbons (Fsp3) is 0.286. The number of aromatic nitrogens is 3. The second kappa shape index (κ2) is 10.7. The molecule has 2 aromatic rings. The van der Waals surface area contributed by atoms with E-state index in [1.165, 1.54) is 17.1 Å². The summed E-state index contributed by atoms with van der Waals surface area (Å²) in [5, 5.41) is 0. The van der Waals surface area contributed by atoms with Crippen molar-refractivity contribution < 1.29 is 9.59 Å². The summed E-state index contributed by atoms with van der Waals surface area (Å²) in [6, 6.07) is 9.03. The molecule has 2 N–H and O–H groups in total. The summed E-state index contributed by atoms with van der Waals surface area (Å²) in [6.07, 6.45) is 2.60. The number of amides is 2. The second-order valence-electron chi connectivity index (χ2n) is 6.75. The molecule has 1 aromatic carbocycles. The fourth-order valence-electron chi connectivity index (χ4n) is 2.96. The van der Waals surface area contributed by atoms with Gasteiger partial charge in [-0.3, -0.25) is 9.59 Å². The molecule has 0 radical (unpaired) electrons. The lowest BCUT2D eigenvalue weighted by molar-refractivity contribution is -0.133. The molecule has 0 spiro atoms. The molecule has 10 nitrogen and oxygen atoms in total. The van der Waals surface area contributed by atoms with E-state index in [0.29, 0.717) is 4.57 Å². The van der Waals surface area contributed by atoms with Crippen LogP contribution in [0.5, 0.6) is 0 Å². The normalized spacial score (nSPS) is 10.5. The van der Waals surface area contributed by atoms with Gasteiger partial charge in [0.25, 0.3) is 0 Å². The average molecular weight is 427 g/mol. The predicted octanol–water partition coefficient (Wildman–Crippen LogP) is -0.552. The lowest BCUT2D eigenvalue weighted by atomic mass is 10.2. The van der Waals surface area contributed by atoms with Gasteiger partial charge in [0.1, 0.15) is 6.54 Å². The van der Waals surface area contributed by atoms with Gasteiger partial charge < -0.3 is 10.6 Å². The number of primary amides is 1. The van der Waals surface area contributed by atoms with Crippen molar-refractivity contribution in [2.75, 3.05) is 6.54 Å². The number of nitrogens with zero attached hydrogens (tertiary/aromatic N) is 4. The Labute approximate surface area is 178 Å². The van der Waals surface area contributed by atoms with E-state index < -0.39 is 35.4 Å². The van der Waals surface area contributed by atoms with Gasteiger partial charge >= 0.3 is 17.1 Å². The Balaban J connectivity index is 2.45. The largest absolute Gasteiger partial charge is 0.370 e. The molecule has 1 aromatic heterocycles. The molecule has 31 heavy (non-hydrogen) atoms. The standard InChI is InChI=1S/C21H25N5O5/c1-3-11-24-19(29)25(12-4-2)21(31)26(20(24)30)15-18(28)23(13-10-17(22)27)14-16-8-6-5-7-9-16/h3-9H,1-2,10-15H2,(H2,22,27). The van der Waals surface area contributed by atoms with E-state index in [0.717, 1.165) is 14.7 Å². The number of carbonyl (C=O) groups is 2. The minimum atomic E-state index is -0.918. The van der Waals surface area contributed by atoms with Crippen LogP contribution < -0.4 is 22.8 Å². The number of hydrogen-bond acceptors (Lipinski definition) is 5. The number of nitrogens with two attached hydrogens (primary N) is 1. The van der Waals surface area contributed by atoms with Crippen molar-refractivity contribution in [3.05, 3.63) is 92.7 Å². The van der Waals surface area contributed by atoms with Crippen LogP contribution in [-0.4, -0.2) is 37.0 Å². The number of carbonyl (C=O) groups excluding carboxylic acids is 2. The molecule has 0 atom stereocenters. The lowest BCUT2D eigenvalue weighted by Gasteiger charge is -2.23. The first-order chi connectivity index (χ1) is 14.8. The zero-order chi connectivity index (χ0) is 23.0. The Morgan fingerprint density at radius 1 is 0.903 bits per heavy atom. The van der Waals surface area contributed by atoms with Crippen molar-refractivity contribution in [1.29, 1.82) is 0 Å². The van der Waals surface area contributed by atoms with E-state index in [1.807, 2.05) is 6.07 Å². The van der Waals surface area contributed by atoms with Gasteiger partial charge in [-0.15, -0.1) is 13.2 Å². The average Bonchev–Trinajstić information content (AvgIpc) is 2.75. The van der Waals surface area contributed by atoms with E-state index in [-0.39, 0.29) is 32.6 Å².